The van der Waals surface area contributed by atoms with E-state index in [1.54, 1.807) is 24.3 Å². The predicted molar refractivity (Wildman–Crippen MR) is 68.6 cm³/mol. The maximum Gasteiger partial charge on any atom is 0.253 e. The van der Waals surface area contributed by atoms with Crippen LogP contribution in [-0.2, 0) is 0 Å². The third kappa shape index (κ3) is 2.08. The fraction of sp³-hybridized carbons (Fsp3) is 0.500. The van der Waals surface area contributed by atoms with Gasteiger partial charge in [-0.1, -0.05) is 0 Å². The van der Waals surface area contributed by atoms with E-state index < -0.39 is 0 Å². The van der Waals surface area contributed by atoms with Crippen molar-refractivity contribution in [1.29, 1.82) is 0 Å². The van der Waals surface area contributed by atoms with Crippen LogP contribution in [0.1, 0.15) is 23.2 Å². The van der Waals surface area contributed by atoms with E-state index in [1.165, 1.54) is 19.4 Å². The molecule has 1 aromatic carbocycles. The molecule has 0 radical (unpaired) electrons. The van der Waals surface area contributed by atoms with Crippen molar-refractivity contribution in [2.45, 2.75) is 18.9 Å². The first-order valence-electron chi connectivity index (χ1n) is 6.56. The maximum atomic E-state index is 12.3. The summed E-state index contributed by atoms with van der Waals surface area (Å²) in [5, 5.41) is 9.24. The van der Waals surface area contributed by atoms with Gasteiger partial charge in [0.2, 0.25) is 0 Å². The van der Waals surface area contributed by atoms with Gasteiger partial charge in [0, 0.05) is 31.2 Å². The Morgan fingerprint density at radius 1 is 1.17 bits per heavy atom. The van der Waals surface area contributed by atoms with Gasteiger partial charge in [-0.25, -0.2) is 0 Å². The Kier molecular flexibility index (Phi) is 2.96. The summed E-state index contributed by atoms with van der Waals surface area (Å²) >= 11 is 0. The van der Waals surface area contributed by atoms with Crippen LogP contribution in [0.5, 0.6) is 5.75 Å². The van der Waals surface area contributed by atoms with Gasteiger partial charge < -0.3 is 10.0 Å². The molecule has 1 atom stereocenters. The lowest BCUT2D eigenvalue weighted by Gasteiger charge is -2.37. The third-order valence-electron chi connectivity index (χ3n) is 3.99. The highest BCUT2D eigenvalue weighted by Crippen LogP contribution is 2.22. The molecule has 0 saturated carbocycles. The first-order chi connectivity index (χ1) is 8.74. The number of hydrogen-bond acceptors (Lipinski definition) is 3. The number of phenolic OH excluding ortho intramolecular Hbond substituents is 1. The fourth-order valence-electron chi connectivity index (χ4n) is 2.96. The molecule has 2 aliphatic heterocycles. The van der Waals surface area contributed by atoms with Crippen LogP contribution in [0.3, 0.4) is 0 Å². The zero-order chi connectivity index (χ0) is 12.5. The topological polar surface area (TPSA) is 43.8 Å². The number of piperazine rings is 1. The van der Waals surface area contributed by atoms with E-state index >= 15 is 0 Å². The molecule has 1 amide bonds. The Labute approximate surface area is 107 Å². The summed E-state index contributed by atoms with van der Waals surface area (Å²) in [4.78, 5) is 16.8. The molecule has 1 unspecified atom stereocenters. The summed E-state index contributed by atoms with van der Waals surface area (Å²) in [7, 11) is 0. The van der Waals surface area contributed by atoms with E-state index in [0.717, 1.165) is 19.6 Å². The van der Waals surface area contributed by atoms with Crippen LogP contribution in [0.15, 0.2) is 24.3 Å². The zero-order valence-corrected chi connectivity index (χ0v) is 10.4. The molecule has 4 nitrogen and oxygen atoms in total. The summed E-state index contributed by atoms with van der Waals surface area (Å²) in [6.07, 6.45) is 2.46. The minimum absolute atomic E-state index is 0.0848. The van der Waals surface area contributed by atoms with Crippen LogP contribution in [-0.4, -0.2) is 53.0 Å². The zero-order valence-electron chi connectivity index (χ0n) is 10.4. The Morgan fingerprint density at radius 3 is 2.72 bits per heavy atom. The molecule has 0 aromatic heterocycles. The number of amides is 1. The average Bonchev–Trinajstić information content (AvgIpc) is 2.86. The minimum Gasteiger partial charge on any atom is -0.508 e. The van der Waals surface area contributed by atoms with Crippen molar-refractivity contribution in [3.05, 3.63) is 29.8 Å². The van der Waals surface area contributed by atoms with Gasteiger partial charge in [0.1, 0.15) is 5.75 Å². The number of carbonyl (C=O) groups is 1. The van der Waals surface area contributed by atoms with Crippen LogP contribution in [0.2, 0.25) is 0 Å². The van der Waals surface area contributed by atoms with Gasteiger partial charge in [-0.15, -0.1) is 0 Å². The van der Waals surface area contributed by atoms with Crippen LogP contribution in [0, 0.1) is 0 Å². The largest absolute Gasteiger partial charge is 0.508 e. The van der Waals surface area contributed by atoms with Crippen molar-refractivity contribution in [2.24, 2.45) is 0 Å². The van der Waals surface area contributed by atoms with Crippen molar-refractivity contribution in [3.63, 3.8) is 0 Å². The van der Waals surface area contributed by atoms with Crippen molar-refractivity contribution in [3.8, 4) is 5.75 Å². The summed E-state index contributed by atoms with van der Waals surface area (Å²) in [6.45, 7) is 3.84. The van der Waals surface area contributed by atoms with Crippen molar-refractivity contribution in [2.75, 3.05) is 26.2 Å². The van der Waals surface area contributed by atoms with Gasteiger partial charge in [0.15, 0.2) is 0 Å². The molecule has 2 saturated heterocycles. The highest BCUT2D eigenvalue weighted by atomic mass is 16.3. The molecule has 0 aliphatic carbocycles. The number of rotatable bonds is 1. The van der Waals surface area contributed by atoms with Gasteiger partial charge in [-0.3, -0.25) is 9.69 Å². The second-order valence-corrected chi connectivity index (χ2v) is 5.13. The molecule has 18 heavy (non-hydrogen) atoms. The van der Waals surface area contributed by atoms with Gasteiger partial charge in [0.05, 0.1) is 0 Å². The van der Waals surface area contributed by atoms with E-state index in [1.807, 2.05) is 4.90 Å². The lowest BCUT2D eigenvalue weighted by Crippen LogP contribution is -2.52. The van der Waals surface area contributed by atoms with Crippen LogP contribution >= 0.6 is 0 Å². The van der Waals surface area contributed by atoms with Crippen LogP contribution in [0.25, 0.3) is 0 Å². The standard InChI is InChI=1S/C14H18N2O2/c17-13-5-3-11(4-6-13)14(18)16-9-8-15-7-1-2-12(15)10-16/h3-6,12,17H,1-2,7-10H2. The molecule has 96 valence electrons. The minimum atomic E-state index is 0.0848. The molecule has 2 aliphatic rings. The summed E-state index contributed by atoms with van der Waals surface area (Å²) in [6, 6.07) is 7.08. The SMILES string of the molecule is O=C(c1ccc(O)cc1)N1CCN2CCCC2C1. The Balaban J connectivity index is 1.71. The third-order valence-corrected chi connectivity index (χ3v) is 3.99. The molecule has 4 heteroatoms. The second kappa shape index (κ2) is 4.61. The molecule has 2 heterocycles. The van der Waals surface area contributed by atoms with E-state index in [9.17, 15) is 9.90 Å². The van der Waals surface area contributed by atoms with E-state index in [0.29, 0.717) is 11.6 Å². The van der Waals surface area contributed by atoms with Crippen LogP contribution < -0.4 is 0 Å². The summed E-state index contributed by atoms with van der Waals surface area (Å²) < 4.78 is 0. The van der Waals surface area contributed by atoms with Gasteiger partial charge in [0.25, 0.3) is 5.91 Å². The van der Waals surface area contributed by atoms with E-state index in [-0.39, 0.29) is 11.7 Å². The molecule has 1 aromatic rings. The summed E-state index contributed by atoms with van der Waals surface area (Å²) in [5.74, 6) is 0.286. The van der Waals surface area contributed by atoms with Crippen molar-refractivity contribution in [1.82, 2.24) is 9.80 Å². The first-order valence-corrected chi connectivity index (χ1v) is 6.56. The highest BCUT2D eigenvalue weighted by molar-refractivity contribution is 5.94. The normalized spacial score (nSPS) is 24.0. The number of fused-ring (bicyclic) bond motifs is 1. The smallest absolute Gasteiger partial charge is 0.253 e. The quantitative estimate of drug-likeness (QED) is 0.812. The second-order valence-electron chi connectivity index (χ2n) is 5.13. The molecular weight excluding hydrogens is 228 g/mol. The number of nitrogens with zero attached hydrogens (tertiary/aromatic N) is 2. The maximum absolute atomic E-state index is 12.3. The molecule has 3 rings (SSSR count). The van der Waals surface area contributed by atoms with E-state index in [4.69, 9.17) is 0 Å². The Hall–Kier alpha value is -1.55. The molecule has 2 fully saturated rings. The number of aromatic hydroxyl groups is 1. The highest BCUT2D eigenvalue weighted by Gasteiger charge is 2.32. The van der Waals surface area contributed by atoms with Crippen LogP contribution in [0.4, 0.5) is 0 Å². The van der Waals surface area contributed by atoms with Crippen molar-refractivity contribution < 1.29 is 9.90 Å². The Morgan fingerprint density at radius 2 is 1.94 bits per heavy atom. The molecule has 1 N–H and O–H groups in total. The average molecular weight is 246 g/mol. The lowest BCUT2D eigenvalue weighted by molar-refractivity contribution is 0.0571. The Bertz CT molecular complexity index is 444. The van der Waals surface area contributed by atoms with Gasteiger partial charge in [-0.05, 0) is 43.7 Å². The number of hydrogen-bond donors (Lipinski definition) is 1. The lowest BCUT2D eigenvalue weighted by atomic mass is 10.1. The fourth-order valence-corrected chi connectivity index (χ4v) is 2.96. The van der Waals surface area contributed by atoms with E-state index in [2.05, 4.69) is 4.90 Å². The van der Waals surface area contributed by atoms with Gasteiger partial charge in [-0.2, -0.15) is 0 Å². The van der Waals surface area contributed by atoms with Gasteiger partial charge >= 0.3 is 0 Å². The monoisotopic (exact) mass is 246 g/mol. The van der Waals surface area contributed by atoms with Crippen molar-refractivity contribution >= 4 is 5.91 Å². The predicted octanol–water partition coefficient (Wildman–Crippen LogP) is 1.31. The summed E-state index contributed by atoms with van der Waals surface area (Å²) in [5.41, 5.74) is 0.666. The number of phenols is 1. The molecular formula is C14H18N2O2. The molecule has 0 bridgehead atoms. The number of carbonyl (C=O) groups excluding carboxylic acids is 1. The molecule has 0 spiro atoms. The number of benzene rings is 1. The first kappa shape index (κ1) is 11.5.